The van der Waals surface area contributed by atoms with Crippen LogP contribution in [0, 0.1) is 50.2 Å². The number of rotatable bonds is 1. The van der Waals surface area contributed by atoms with Crippen LogP contribution in [0.5, 0.6) is 0 Å². The molecule has 5 aliphatic carbocycles. The van der Waals surface area contributed by atoms with Gasteiger partial charge in [-0.3, -0.25) is 4.79 Å². The van der Waals surface area contributed by atoms with Crippen molar-refractivity contribution in [1.82, 2.24) is 0 Å². The van der Waals surface area contributed by atoms with Crippen LogP contribution in [0.3, 0.4) is 0 Å². The molecule has 1 saturated heterocycles. The number of aliphatic hydroxyl groups excluding tert-OH is 2. The largest absolute Gasteiger partial charge is 0.396 e. The summed E-state index contributed by atoms with van der Waals surface area (Å²) in [4.78, 5) is 14.1. The fourth-order valence-electron chi connectivity index (χ4n) is 11.8. The van der Waals surface area contributed by atoms with Crippen LogP contribution in [0.25, 0.3) is 0 Å². The predicted octanol–water partition coefficient (Wildman–Crippen LogP) is 5.53. The Kier molecular flexibility index (Phi) is 4.71. The zero-order valence-electron chi connectivity index (χ0n) is 22.5. The maximum absolute atomic E-state index is 14.1. The fourth-order valence-corrected chi connectivity index (χ4v) is 11.8. The molecule has 10 atom stereocenters. The van der Waals surface area contributed by atoms with E-state index in [9.17, 15) is 15.0 Å². The van der Waals surface area contributed by atoms with Gasteiger partial charge >= 0.3 is 0 Å². The minimum Gasteiger partial charge on any atom is -0.396 e. The van der Waals surface area contributed by atoms with Gasteiger partial charge < -0.3 is 14.9 Å². The SMILES string of the molecule is CC1(CO)CCC23COC4(CCC5C6(C)CCC(O)C(C)(C)C6CCC5(C)C4(C)CC2=O)C3C1. The zero-order chi connectivity index (χ0) is 24.6. The second kappa shape index (κ2) is 6.70. The Hall–Kier alpha value is -0.450. The number of Topliss-reactive ketones (excluding diaryl/α,β-unsaturated/α-hetero) is 1. The highest BCUT2D eigenvalue weighted by molar-refractivity contribution is 5.88. The molecule has 0 aromatic carbocycles. The molecule has 1 aliphatic heterocycles. The van der Waals surface area contributed by atoms with E-state index in [4.69, 9.17) is 4.74 Å². The molecule has 5 saturated carbocycles. The lowest BCUT2D eigenvalue weighted by atomic mass is 9.30. The molecule has 0 radical (unpaired) electrons. The summed E-state index contributed by atoms with van der Waals surface area (Å²) in [6, 6.07) is 0. The lowest BCUT2D eigenvalue weighted by molar-refractivity contribution is -0.283. The van der Waals surface area contributed by atoms with Gasteiger partial charge in [-0.1, -0.05) is 41.5 Å². The van der Waals surface area contributed by atoms with E-state index in [0.29, 0.717) is 30.6 Å². The van der Waals surface area contributed by atoms with Crippen molar-refractivity contribution in [3.8, 4) is 0 Å². The minimum atomic E-state index is -0.310. The number of hydrogen-bond donors (Lipinski definition) is 2. The third kappa shape index (κ3) is 2.41. The molecule has 2 N–H and O–H groups in total. The van der Waals surface area contributed by atoms with Crippen LogP contribution >= 0.6 is 0 Å². The molecule has 4 heteroatoms. The van der Waals surface area contributed by atoms with E-state index in [2.05, 4.69) is 41.5 Å². The summed E-state index contributed by atoms with van der Waals surface area (Å²) in [5, 5.41) is 21.2. The Morgan fingerprint density at radius 3 is 2.29 bits per heavy atom. The van der Waals surface area contributed by atoms with E-state index in [1.165, 1.54) is 6.42 Å². The molecular weight excluding hydrogens is 424 g/mol. The normalized spacial score (nSPS) is 60.1. The third-order valence-corrected chi connectivity index (χ3v) is 14.2. The van der Waals surface area contributed by atoms with Crippen molar-refractivity contribution in [1.29, 1.82) is 0 Å². The Morgan fingerprint density at radius 1 is 0.882 bits per heavy atom. The first kappa shape index (κ1) is 23.9. The van der Waals surface area contributed by atoms with Gasteiger partial charge in [-0.05, 0) is 91.3 Å². The summed E-state index contributed by atoms with van der Waals surface area (Å²) in [5.41, 5.74) is -0.634. The van der Waals surface area contributed by atoms with E-state index in [1.807, 2.05) is 0 Å². The molecule has 0 aromatic rings. The van der Waals surface area contributed by atoms with Gasteiger partial charge in [0.25, 0.3) is 0 Å². The zero-order valence-corrected chi connectivity index (χ0v) is 22.5. The van der Waals surface area contributed by atoms with E-state index >= 15 is 0 Å². The van der Waals surface area contributed by atoms with Crippen molar-refractivity contribution in [3.05, 3.63) is 0 Å². The van der Waals surface area contributed by atoms with Crippen LogP contribution in [0.15, 0.2) is 0 Å². The second-order valence-corrected chi connectivity index (χ2v) is 15.5. The van der Waals surface area contributed by atoms with Crippen molar-refractivity contribution >= 4 is 5.78 Å². The first-order valence-corrected chi connectivity index (χ1v) is 14.2. The molecule has 6 aliphatic rings. The Balaban J connectivity index is 1.45. The molecule has 0 aromatic heterocycles. The predicted molar refractivity (Wildman–Crippen MR) is 132 cm³/mol. The van der Waals surface area contributed by atoms with Crippen molar-refractivity contribution < 1.29 is 19.7 Å². The number of carbonyl (C=O) groups is 1. The minimum absolute atomic E-state index is 0.0497. The van der Waals surface area contributed by atoms with Gasteiger partial charge in [0, 0.05) is 24.4 Å². The average molecular weight is 473 g/mol. The topological polar surface area (TPSA) is 66.8 Å². The second-order valence-electron chi connectivity index (χ2n) is 15.5. The van der Waals surface area contributed by atoms with Gasteiger partial charge in [0.05, 0.1) is 23.7 Å². The summed E-state index contributed by atoms with van der Waals surface area (Å²) in [5.74, 6) is 1.78. The molecule has 1 heterocycles. The van der Waals surface area contributed by atoms with Crippen LogP contribution in [0.2, 0.25) is 0 Å². The number of carbonyl (C=O) groups excluding carboxylic acids is 1. The average Bonchev–Trinajstić information content (AvgIpc) is 3.05. The highest BCUT2D eigenvalue weighted by Crippen LogP contribution is 2.79. The molecule has 192 valence electrons. The Bertz CT molecular complexity index is 913. The highest BCUT2D eigenvalue weighted by atomic mass is 16.5. The van der Waals surface area contributed by atoms with Gasteiger partial charge in [-0.25, -0.2) is 0 Å². The quantitative estimate of drug-likeness (QED) is 0.526. The van der Waals surface area contributed by atoms with E-state index in [-0.39, 0.29) is 56.7 Å². The van der Waals surface area contributed by atoms with Gasteiger partial charge in [-0.15, -0.1) is 0 Å². The maximum atomic E-state index is 14.1. The van der Waals surface area contributed by atoms with E-state index in [1.54, 1.807) is 0 Å². The number of hydrogen-bond acceptors (Lipinski definition) is 4. The lowest BCUT2D eigenvalue weighted by Gasteiger charge is -2.74. The van der Waals surface area contributed by atoms with Crippen LogP contribution in [-0.4, -0.2) is 40.9 Å². The summed E-state index contributed by atoms with van der Waals surface area (Å²) in [6.45, 7) is 15.1. The molecular formula is C30H48O4. The third-order valence-electron chi connectivity index (χ3n) is 14.2. The monoisotopic (exact) mass is 472 g/mol. The van der Waals surface area contributed by atoms with Crippen molar-refractivity contribution in [3.63, 3.8) is 0 Å². The maximum Gasteiger partial charge on any atom is 0.142 e. The van der Waals surface area contributed by atoms with Crippen LogP contribution in [0.1, 0.15) is 106 Å². The first-order chi connectivity index (χ1) is 15.7. The standard InChI is InChI=1S/C30H48O4/c1-24(2)19-7-11-27(5)20(26(19,4)10-9-22(24)32)8-12-30-21-15-25(3,17-31)13-14-29(21,18-34-30)23(33)16-28(27,30)6/h19-22,31-32H,7-18H2,1-6H3. The molecule has 6 fully saturated rings. The molecule has 34 heavy (non-hydrogen) atoms. The van der Waals surface area contributed by atoms with Crippen molar-refractivity contribution in [2.75, 3.05) is 13.2 Å². The van der Waals surface area contributed by atoms with Gasteiger partial charge in [0.1, 0.15) is 5.78 Å². The van der Waals surface area contributed by atoms with Crippen molar-refractivity contribution in [2.45, 2.75) is 117 Å². The van der Waals surface area contributed by atoms with E-state index < -0.39 is 0 Å². The molecule has 6 rings (SSSR count). The van der Waals surface area contributed by atoms with E-state index in [0.717, 1.165) is 51.4 Å². The van der Waals surface area contributed by atoms with Gasteiger partial charge in [0.2, 0.25) is 0 Å². The highest BCUT2D eigenvalue weighted by Gasteiger charge is 2.80. The summed E-state index contributed by atoms with van der Waals surface area (Å²) in [7, 11) is 0. The van der Waals surface area contributed by atoms with Crippen LogP contribution < -0.4 is 0 Å². The Morgan fingerprint density at radius 2 is 1.59 bits per heavy atom. The van der Waals surface area contributed by atoms with Crippen LogP contribution in [-0.2, 0) is 9.53 Å². The number of aliphatic hydroxyl groups is 2. The molecule has 0 amide bonds. The summed E-state index contributed by atoms with van der Waals surface area (Å²) < 4.78 is 7.02. The smallest absolute Gasteiger partial charge is 0.142 e. The number of ether oxygens (including phenoxy) is 1. The molecule has 1 spiro atoms. The Labute approximate surface area is 206 Å². The van der Waals surface area contributed by atoms with Crippen molar-refractivity contribution in [2.24, 2.45) is 50.2 Å². The lowest BCUT2D eigenvalue weighted by Crippen LogP contribution is -2.73. The fraction of sp³-hybridized carbons (Fsp3) is 0.967. The summed E-state index contributed by atoms with van der Waals surface area (Å²) in [6.07, 6.45) is 9.66. The number of ketones is 1. The first-order valence-electron chi connectivity index (χ1n) is 14.2. The van der Waals surface area contributed by atoms with Gasteiger partial charge in [-0.2, -0.15) is 0 Å². The molecule has 2 bridgehead atoms. The summed E-state index contributed by atoms with van der Waals surface area (Å²) >= 11 is 0. The number of fused-ring (bicyclic) bond motifs is 4. The molecule has 10 unspecified atom stereocenters. The van der Waals surface area contributed by atoms with Crippen LogP contribution in [0.4, 0.5) is 0 Å². The molecule has 4 nitrogen and oxygen atoms in total. The van der Waals surface area contributed by atoms with Gasteiger partial charge in [0.15, 0.2) is 0 Å².